The van der Waals surface area contributed by atoms with Gasteiger partial charge < -0.3 is 0 Å². The van der Waals surface area contributed by atoms with Crippen LogP contribution in [0, 0.1) is 0 Å². The highest BCUT2D eigenvalue weighted by Crippen LogP contribution is 2.32. The molecule has 2 heteroatoms. The smallest absolute Gasteiger partial charge is 0.0667 e. The summed E-state index contributed by atoms with van der Waals surface area (Å²) in [5.41, 5.74) is 2.35. The number of hydrogen-bond acceptors (Lipinski definition) is 0. The molecule has 56 valence electrons. The van der Waals surface area contributed by atoms with Crippen LogP contribution in [0.15, 0.2) is 18.2 Å². The SMILES string of the molecule is Clc1ccc2c(c1Cl)C=CC2. The van der Waals surface area contributed by atoms with Gasteiger partial charge in [0.25, 0.3) is 0 Å². The van der Waals surface area contributed by atoms with E-state index in [1.165, 1.54) is 5.56 Å². The second-order valence-electron chi connectivity index (χ2n) is 2.54. The predicted molar refractivity (Wildman–Crippen MR) is 49.2 cm³/mol. The molecule has 0 unspecified atom stereocenters. The highest BCUT2D eigenvalue weighted by molar-refractivity contribution is 6.43. The number of hydrogen-bond donors (Lipinski definition) is 0. The fraction of sp³-hybridized carbons (Fsp3) is 0.111. The van der Waals surface area contributed by atoms with Gasteiger partial charge in [0.05, 0.1) is 10.0 Å². The van der Waals surface area contributed by atoms with Crippen molar-refractivity contribution in [3.05, 3.63) is 39.4 Å². The Morgan fingerprint density at radius 1 is 1.18 bits per heavy atom. The molecule has 1 aromatic rings. The summed E-state index contributed by atoms with van der Waals surface area (Å²) in [6, 6.07) is 3.86. The predicted octanol–water partition coefficient (Wildman–Crippen LogP) is 3.56. The van der Waals surface area contributed by atoms with Gasteiger partial charge in [0.2, 0.25) is 0 Å². The van der Waals surface area contributed by atoms with Gasteiger partial charge in [-0.3, -0.25) is 0 Å². The molecule has 1 aliphatic rings. The van der Waals surface area contributed by atoms with E-state index in [2.05, 4.69) is 6.08 Å². The minimum atomic E-state index is 0.636. The Labute approximate surface area is 75.4 Å². The molecule has 2 rings (SSSR count). The lowest BCUT2D eigenvalue weighted by molar-refractivity contribution is 1.31. The molecule has 0 fully saturated rings. The van der Waals surface area contributed by atoms with Crippen molar-refractivity contribution in [2.45, 2.75) is 6.42 Å². The summed E-state index contributed by atoms with van der Waals surface area (Å²) in [4.78, 5) is 0. The van der Waals surface area contributed by atoms with E-state index in [9.17, 15) is 0 Å². The molecule has 11 heavy (non-hydrogen) atoms. The average molecular weight is 185 g/mol. The van der Waals surface area contributed by atoms with E-state index in [0.717, 1.165) is 12.0 Å². The molecule has 0 radical (unpaired) electrons. The van der Waals surface area contributed by atoms with Crippen LogP contribution < -0.4 is 0 Å². The largest absolute Gasteiger partial charge is 0.0827 e. The number of benzene rings is 1. The molecule has 0 heterocycles. The molecule has 1 aliphatic carbocycles. The molecule has 0 amide bonds. The van der Waals surface area contributed by atoms with E-state index in [4.69, 9.17) is 23.2 Å². The van der Waals surface area contributed by atoms with E-state index >= 15 is 0 Å². The van der Waals surface area contributed by atoms with Gasteiger partial charge in [0, 0.05) is 0 Å². The van der Waals surface area contributed by atoms with Crippen LogP contribution in [0.25, 0.3) is 6.08 Å². The van der Waals surface area contributed by atoms with E-state index in [1.807, 2.05) is 18.2 Å². The van der Waals surface area contributed by atoms with Crippen LogP contribution in [0.3, 0.4) is 0 Å². The maximum Gasteiger partial charge on any atom is 0.0667 e. The quantitative estimate of drug-likeness (QED) is 0.579. The number of halogens is 2. The molecule has 0 bridgehead atoms. The van der Waals surface area contributed by atoms with Gasteiger partial charge in [0.1, 0.15) is 0 Å². The first-order valence-corrected chi connectivity index (χ1v) is 4.18. The van der Waals surface area contributed by atoms with Gasteiger partial charge >= 0.3 is 0 Å². The van der Waals surface area contributed by atoms with E-state index in [1.54, 1.807) is 0 Å². The minimum Gasteiger partial charge on any atom is -0.0827 e. The van der Waals surface area contributed by atoms with E-state index in [-0.39, 0.29) is 0 Å². The Morgan fingerprint density at radius 3 is 2.82 bits per heavy atom. The van der Waals surface area contributed by atoms with Crippen molar-refractivity contribution >= 4 is 29.3 Å². The van der Waals surface area contributed by atoms with Crippen LogP contribution in [0.4, 0.5) is 0 Å². The molecule has 0 aromatic heterocycles. The van der Waals surface area contributed by atoms with Gasteiger partial charge in [-0.05, 0) is 23.6 Å². The maximum atomic E-state index is 5.96. The van der Waals surface area contributed by atoms with Crippen LogP contribution in [0.1, 0.15) is 11.1 Å². The standard InChI is InChI=1S/C9H6Cl2/c10-8-5-4-6-2-1-3-7(6)9(8)11/h1,3-5H,2H2. The first kappa shape index (κ1) is 7.20. The third kappa shape index (κ3) is 1.07. The normalized spacial score (nSPS) is 13.6. The highest BCUT2D eigenvalue weighted by atomic mass is 35.5. The van der Waals surface area contributed by atoms with Crippen LogP contribution >= 0.6 is 23.2 Å². The zero-order chi connectivity index (χ0) is 7.84. The summed E-state index contributed by atoms with van der Waals surface area (Å²) >= 11 is 11.8. The summed E-state index contributed by atoms with van der Waals surface area (Å²) in [5.74, 6) is 0. The fourth-order valence-electron chi connectivity index (χ4n) is 1.27. The van der Waals surface area contributed by atoms with E-state index in [0.29, 0.717) is 10.0 Å². The summed E-state index contributed by atoms with van der Waals surface area (Å²) in [5, 5.41) is 1.31. The first-order chi connectivity index (χ1) is 5.29. The van der Waals surface area contributed by atoms with Gasteiger partial charge in [-0.25, -0.2) is 0 Å². The third-order valence-corrected chi connectivity index (χ3v) is 2.66. The zero-order valence-corrected chi connectivity index (χ0v) is 7.28. The van der Waals surface area contributed by atoms with Crippen molar-refractivity contribution in [2.24, 2.45) is 0 Å². The lowest BCUT2D eigenvalue weighted by Crippen LogP contribution is -1.82. The molecule has 0 saturated heterocycles. The third-order valence-electron chi connectivity index (χ3n) is 1.85. The number of fused-ring (bicyclic) bond motifs is 1. The van der Waals surface area contributed by atoms with Crippen LogP contribution in [-0.4, -0.2) is 0 Å². The monoisotopic (exact) mass is 184 g/mol. The molecule has 0 spiro atoms. The fourth-order valence-corrected chi connectivity index (χ4v) is 1.68. The minimum absolute atomic E-state index is 0.636. The van der Waals surface area contributed by atoms with Crippen molar-refractivity contribution in [1.29, 1.82) is 0 Å². The Balaban J connectivity index is 2.70. The Hall–Kier alpha value is -0.460. The van der Waals surface area contributed by atoms with Crippen molar-refractivity contribution in [1.82, 2.24) is 0 Å². The average Bonchev–Trinajstić information content (AvgIpc) is 2.45. The van der Waals surface area contributed by atoms with Crippen LogP contribution in [0.5, 0.6) is 0 Å². The summed E-state index contributed by atoms with van der Waals surface area (Å²) in [7, 11) is 0. The van der Waals surface area contributed by atoms with Gasteiger partial charge in [-0.15, -0.1) is 0 Å². The zero-order valence-electron chi connectivity index (χ0n) is 5.77. The maximum absolute atomic E-state index is 5.96. The second kappa shape index (κ2) is 2.54. The summed E-state index contributed by atoms with van der Waals surface area (Å²) in [6.45, 7) is 0. The molecule has 0 N–H and O–H groups in total. The van der Waals surface area contributed by atoms with Gasteiger partial charge in [0.15, 0.2) is 0 Å². The molecule has 0 aliphatic heterocycles. The van der Waals surface area contributed by atoms with Crippen molar-refractivity contribution < 1.29 is 0 Å². The van der Waals surface area contributed by atoms with Crippen LogP contribution in [0.2, 0.25) is 10.0 Å². The summed E-state index contributed by atoms with van der Waals surface area (Å²) in [6.07, 6.45) is 5.09. The molecule has 0 atom stereocenters. The van der Waals surface area contributed by atoms with E-state index < -0.39 is 0 Å². The second-order valence-corrected chi connectivity index (χ2v) is 3.33. The highest BCUT2D eigenvalue weighted by Gasteiger charge is 2.10. The summed E-state index contributed by atoms with van der Waals surface area (Å²) < 4.78 is 0. The molecule has 0 nitrogen and oxygen atoms in total. The Bertz CT molecular complexity index is 327. The van der Waals surface area contributed by atoms with Crippen molar-refractivity contribution in [2.75, 3.05) is 0 Å². The number of allylic oxidation sites excluding steroid dienone is 1. The first-order valence-electron chi connectivity index (χ1n) is 3.42. The molecular weight excluding hydrogens is 179 g/mol. The number of rotatable bonds is 0. The van der Waals surface area contributed by atoms with Crippen molar-refractivity contribution in [3.8, 4) is 0 Å². The lowest BCUT2D eigenvalue weighted by Gasteiger charge is -2.01. The molecular formula is C9H6Cl2. The van der Waals surface area contributed by atoms with Crippen LogP contribution in [-0.2, 0) is 6.42 Å². The van der Waals surface area contributed by atoms with Gasteiger partial charge in [-0.2, -0.15) is 0 Å². The Morgan fingerprint density at radius 2 is 2.00 bits per heavy atom. The van der Waals surface area contributed by atoms with Gasteiger partial charge in [-0.1, -0.05) is 41.4 Å². The topological polar surface area (TPSA) is 0 Å². The lowest BCUT2D eigenvalue weighted by atomic mass is 10.1. The molecule has 1 aromatic carbocycles. The Kier molecular flexibility index (Phi) is 1.67. The van der Waals surface area contributed by atoms with Crippen molar-refractivity contribution in [3.63, 3.8) is 0 Å². The molecule has 0 saturated carbocycles.